The third kappa shape index (κ3) is 2.44. The van der Waals surface area contributed by atoms with Crippen LogP contribution in [0.3, 0.4) is 0 Å². The molecule has 0 aliphatic carbocycles. The van der Waals surface area contributed by atoms with Gasteiger partial charge in [-0.25, -0.2) is 0 Å². The van der Waals surface area contributed by atoms with Gasteiger partial charge in [0.25, 0.3) is 11.4 Å². The van der Waals surface area contributed by atoms with Gasteiger partial charge in [0.1, 0.15) is 0 Å². The minimum Gasteiger partial charge on any atom is -0.334 e. The second-order valence-electron chi connectivity index (χ2n) is 4.65. The Balaban J connectivity index is 2.41. The van der Waals surface area contributed by atoms with E-state index in [9.17, 15) is 4.79 Å². The molecule has 0 fully saturated rings. The fourth-order valence-corrected chi connectivity index (χ4v) is 1.79. The molecule has 0 atom stereocenters. The van der Waals surface area contributed by atoms with E-state index in [1.54, 1.807) is 19.3 Å². The van der Waals surface area contributed by atoms with Crippen molar-refractivity contribution in [3.05, 3.63) is 34.5 Å². The van der Waals surface area contributed by atoms with Crippen LogP contribution in [0, 0.1) is 0 Å². The smallest absolute Gasteiger partial charge is 0.258 e. The summed E-state index contributed by atoms with van der Waals surface area (Å²) in [6, 6.07) is 3.22. The lowest BCUT2D eigenvalue weighted by atomic mass is 9.93. The molecule has 102 valence electrons. The summed E-state index contributed by atoms with van der Waals surface area (Å²) in [5.41, 5.74) is 6.12. The second kappa shape index (κ2) is 4.97. The van der Waals surface area contributed by atoms with Crippen molar-refractivity contribution >= 4 is 0 Å². The molecule has 2 N–H and O–H groups in total. The molecule has 0 aliphatic rings. The van der Waals surface area contributed by atoms with Crippen LogP contribution in [0.2, 0.25) is 0 Å². The van der Waals surface area contributed by atoms with Gasteiger partial charge in [-0.3, -0.25) is 4.79 Å². The van der Waals surface area contributed by atoms with Crippen molar-refractivity contribution in [1.82, 2.24) is 14.7 Å². The van der Waals surface area contributed by atoms with E-state index in [0.717, 1.165) is 12.8 Å². The van der Waals surface area contributed by atoms with Crippen LogP contribution < -0.4 is 11.3 Å². The molecule has 0 unspecified atom stereocenters. The van der Waals surface area contributed by atoms with Gasteiger partial charge in [-0.15, -0.1) is 0 Å². The third-order valence-electron chi connectivity index (χ3n) is 3.48. The van der Waals surface area contributed by atoms with Gasteiger partial charge in [-0.05, 0) is 18.9 Å². The standard InChI is InChI=1S/C13H18N4O2/c1-4-13(14,5-2)12-15-11(19-16-12)9-6-7-17(3)10(18)8-9/h6-8H,4-5,14H2,1-3H3. The average Bonchev–Trinajstić information content (AvgIpc) is 2.91. The maximum absolute atomic E-state index is 11.6. The monoisotopic (exact) mass is 262 g/mol. The lowest BCUT2D eigenvalue weighted by Gasteiger charge is -2.21. The van der Waals surface area contributed by atoms with E-state index in [1.165, 1.54) is 10.6 Å². The highest BCUT2D eigenvalue weighted by Crippen LogP contribution is 2.25. The van der Waals surface area contributed by atoms with Crippen molar-refractivity contribution in [2.75, 3.05) is 0 Å². The Morgan fingerprint density at radius 3 is 2.68 bits per heavy atom. The van der Waals surface area contributed by atoms with E-state index in [2.05, 4.69) is 10.1 Å². The molecule has 0 saturated carbocycles. The number of pyridine rings is 1. The predicted octanol–water partition coefficient (Wildman–Crippen LogP) is 1.41. The summed E-state index contributed by atoms with van der Waals surface area (Å²) in [5.74, 6) is 0.803. The Morgan fingerprint density at radius 1 is 1.42 bits per heavy atom. The van der Waals surface area contributed by atoms with Crippen LogP contribution in [0.5, 0.6) is 0 Å². The Morgan fingerprint density at radius 2 is 2.11 bits per heavy atom. The van der Waals surface area contributed by atoms with E-state index < -0.39 is 5.54 Å². The summed E-state index contributed by atoms with van der Waals surface area (Å²) < 4.78 is 6.68. The molecule has 2 rings (SSSR count). The molecule has 0 radical (unpaired) electrons. The Labute approximate surface area is 111 Å². The maximum Gasteiger partial charge on any atom is 0.258 e. The molecular formula is C13H18N4O2. The van der Waals surface area contributed by atoms with E-state index >= 15 is 0 Å². The van der Waals surface area contributed by atoms with Crippen molar-refractivity contribution < 1.29 is 4.52 Å². The Hall–Kier alpha value is -1.95. The van der Waals surface area contributed by atoms with Crippen molar-refractivity contribution in [3.63, 3.8) is 0 Å². The van der Waals surface area contributed by atoms with Crippen LogP contribution in [0.15, 0.2) is 27.6 Å². The van der Waals surface area contributed by atoms with E-state index in [0.29, 0.717) is 17.3 Å². The Kier molecular flexibility index (Phi) is 3.53. The molecule has 6 nitrogen and oxygen atoms in total. The summed E-state index contributed by atoms with van der Waals surface area (Å²) in [4.78, 5) is 15.9. The first-order chi connectivity index (χ1) is 9.00. The fourth-order valence-electron chi connectivity index (χ4n) is 1.79. The SMILES string of the molecule is CCC(N)(CC)c1noc(-c2ccn(C)c(=O)c2)n1. The van der Waals surface area contributed by atoms with E-state index in [1.807, 2.05) is 13.8 Å². The average molecular weight is 262 g/mol. The normalized spacial score (nSPS) is 11.8. The van der Waals surface area contributed by atoms with Gasteiger partial charge in [0.2, 0.25) is 0 Å². The highest BCUT2D eigenvalue weighted by atomic mass is 16.5. The molecule has 0 aromatic carbocycles. The zero-order chi connectivity index (χ0) is 14.0. The quantitative estimate of drug-likeness (QED) is 0.900. The molecule has 2 aromatic rings. The lowest BCUT2D eigenvalue weighted by molar-refractivity contribution is 0.350. The van der Waals surface area contributed by atoms with Gasteiger partial charge in [-0.1, -0.05) is 19.0 Å². The summed E-state index contributed by atoms with van der Waals surface area (Å²) in [5, 5.41) is 3.94. The molecule has 0 bridgehead atoms. The molecule has 2 aromatic heterocycles. The first kappa shape index (κ1) is 13.5. The van der Waals surface area contributed by atoms with Crippen molar-refractivity contribution in [2.45, 2.75) is 32.2 Å². The van der Waals surface area contributed by atoms with Crippen LogP contribution in [-0.4, -0.2) is 14.7 Å². The number of hydrogen-bond donors (Lipinski definition) is 1. The number of aryl methyl sites for hydroxylation is 1. The molecule has 6 heteroatoms. The van der Waals surface area contributed by atoms with Crippen molar-refractivity contribution in [2.24, 2.45) is 12.8 Å². The first-order valence-corrected chi connectivity index (χ1v) is 6.30. The van der Waals surface area contributed by atoms with Crippen LogP contribution in [0.25, 0.3) is 11.5 Å². The number of rotatable bonds is 4. The van der Waals surface area contributed by atoms with E-state index in [4.69, 9.17) is 10.3 Å². The molecule has 0 aliphatic heterocycles. The zero-order valence-corrected chi connectivity index (χ0v) is 11.4. The second-order valence-corrected chi connectivity index (χ2v) is 4.65. The zero-order valence-electron chi connectivity index (χ0n) is 11.4. The Bertz CT molecular complexity index is 626. The lowest BCUT2D eigenvalue weighted by Crippen LogP contribution is -2.36. The number of nitrogens with zero attached hydrogens (tertiary/aromatic N) is 3. The largest absolute Gasteiger partial charge is 0.334 e. The highest BCUT2D eigenvalue weighted by Gasteiger charge is 2.29. The van der Waals surface area contributed by atoms with Gasteiger partial charge in [0.05, 0.1) is 5.54 Å². The first-order valence-electron chi connectivity index (χ1n) is 6.30. The van der Waals surface area contributed by atoms with Gasteiger partial charge in [0, 0.05) is 24.9 Å². The number of nitrogens with two attached hydrogens (primary N) is 1. The van der Waals surface area contributed by atoms with Crippen LogP contribution in [0.1, 0.15) is 32.5 Å². The summed E-state index contributed by atoms with van der Waals surface area (Å²) >= 11 is 0. The molecule has 0 saturated heterocycles. The van der Waals surface area contributed by atoms with Crippen LogP contribution >= 0.6 is 0 Å². The highest BCUT2D eigenvalue weighted by molar-refractivity contribution is 5.51. The van der Waals surface area contributed by atoms with Crippen LogP contribution in [0.4, 0.5) is 0 Å². The molecule has 0 spiro atoms. The van der Waals surface area contributed by atoms with Gasteiger partial charge < -0.3 is 14.8 Å². The molecule has 2 heterocycles. The maximum atomic E-state index is 11.6. The van der Waals surface area contributed by atoms with Crippen molar-refractivity contribution in [3.8, 4) is 11.5 Å². The fraction of sp³-hybridized carbons (Fsp3) is 0.462. The van der Waals surface area contributed by atoms with Crippen molar-refractivity contribution in [1.29, 1.82) is 0 Å². The van der Waals surface area contributed by atoms with Gasteiger partial charge in [0.15, 0.2) is 5.82 Å². The van der Waals surface area contributed by atoms with Gasteiger partial charge >= 0.3 is 0 Å². The third-order valence-corrected chi connectivity index (χ3v) is 3.48. The minimum absolute atomic E-state index is 0.123. The van der Waals surface area contributed by atoms with Gasteiger partial charge in [-0.2, -0.15) is 4.98 Å². The number of aromatic nitrogens is 3. The van der Waals surface area contributed by atoms with Crippen LogP contribution in [-0.2, 0) is 12.6 Å². The molecular weight excluding hydrogens is 244 g/mol. The predicted molar refractivity (Wildman–Crippen MR) is 71.4 cm³/mol. The summed E-state index contributed by atoms with van der Waals surface area (Å²) in [6.07, 6.45) is 3.11. The summed E-state index contributed by atoms with van der Waals surface area (Å²) in [7, 11) is 1.68. The number of hydrogen-bond acceptors (Lipinski definition) is 5. The molecule has 19 heavy (non-hydrogen) atoms. The minimum atomic E-state index is -0.582. The van der Waals surface area contributed by atoms with E-state index in [-0.39, 0.29) is 5.56 Å². The topological polar surface area (TPSA) is 86.9 Å². The summed E-state index contributed by atoms with van der Waals surface area (Å²) in [6.45, 7) is 3.97. The molecule has 0 amide bonds.